The number of amides is 1. The Morgan fingerprint density at radius 2 is 2.17 bits per heavy atom. The Morgan fingerprint density at radius 3 is 2.83 bits per heavy atom. The largest absolute Gasteiger partial charge is 0.452 e. The molecule has 1 heterocycles. The van der Waals surface area contributed by atoms with Gasteiger partial charge in [0.05, 0.1) is 19.1 Å². The van der Waals surface area contributed by atoms with Crippen molar-refractivity contribution in [2.24, 2.45) is 0 Å². The Hall–Kier alpha value is -2.82. The van der Waals surface area contributed by atoms with Crippen molar-refractivity contribution < 1.29 is 9.53 Å². The summed E-state index contributed by atoms with van der Waals surface area (Å²) in [5.74, 6) is 0.156. The molecule has 0 spiro atoms. The monoisotopic (exact) mass is 323 g/mol. The fourth-order valence-corrected chi connectivity index (χ4v) is 3.03. The van der Waals surface area contributed by atoms with E-state index in [0.717, 1.165) is 22.2 Å². The van der Waals surface area contributed by atoms with Gasteiger partial charge in [0, 0.05) is 24.3 Å². The molecule has 5 nitrogen and oxygen atoms in total. The van der Waals surface area contributed by atoms with Crippen LogP contribution in [-0.2, 0) is 4.74 Å². The lowest BCUT2D eigenvalue weighted by Gasteiger charge is -2.21. The minimum absolute atomic E-state index is 0.156. The number of carbonyl (C=O) groups excluding carboxylic acids is 1. The van der Waals surface area contributed by atoms with Gasteiger partial charge in [0.15, 0.2) is 0 Å². The van der Waals surface area contributed by atoms with E-state index in [4.69, 9.17) is 4.74 Å². The van der Waals surface area contributed by atoms with Gasteiger partial charge in [-0.25, -0.2) is 9.78 Å². The summed E-state index contributed by atoms with van der Waals surface area (Å²) in [6.45, 7) is 4.62. The second kappa shape index (κ2) is 6.74. The van der Waals surface area contributed by atoms with Gasteiger partial charge in [-0.3, -0.25) is 4.90 Å². The highest BCUT2D eigenvalue weighted by atomic mass is 16.5. The summed E-state index contributed by atoms with van der Waals surface area (Å²) in [5.41, 5.74) is 3.01. The van der Waals surface area contributed by atoms with Gasteiger partial charge in [0.25, 0.3) is 0 Å². The van der Waals surface area contributed by atoms with Crippen molar-refractivity contribution in [1.29, 1.82) is 0 Å². The number of H-pyrrole nitrogens is 1. The summed E-state index contributed by atoms with van der Waals surface area (Å²) in [4.78, 5) is 21.0. The molecule has 1 aromatic heterocycles. The first-order valence-electron chi connectivity index (χ1n) is 8.02. The molecule has 5 heteroatoms. The minimum Gasteiger partial charge on any atom is -0.452 e. The van der Waals surface area contributed by atoms with Crippen LogP contribution in [0.4, 0.5) is 10.5 Å². The van der Waals surface area contributed by atoms with E-state index in [1.165, 1.54) is 12.7 Å². The van der Waals surface area contributed by atoms with E-state index in [-0.39, 0.29) is 12.0 Å². The van der Waals surface area contributed by atoms with E-state index in [9.17, 15) is 4.79 Å². The van der Waals surface area contributed by atoms with Crippen molar-refractivity contribution in [3.8, 4) is 0 Å². The molecule has 0 aliphatic rings. The van der Waals surface area contributed by atoms with E-state index in [1.807, 2.05) is 31.3 Å². The number of nitrogens with one attached hydrogen (secondary N) is 1. The number of hydrogen-bond acceptors (Lipinski definition) is 3. The van der Waals surface area contributed by atoms with Gasteiger partial charge >= 0.3 is 6.09 Å². The molecule has 1 unspecified atom stereocenters. The first-order valence-corrected chi connectivity index (χ1v) is 8.02. The second-order valence-corrected chi connectivity index (χ2v) is 5.68. The third-order valence-electron chi connectivity index (χ3n) is 4.35. The topological polar surface area (TPSA) is 58.2 Å². The fraction of sp³-hybridized carbons (Fsp3) is 0.263. The normalized spacial score (nSPS) is 12.1. The zero-order valence-electron chi connectivity index (χ0n) is 14.1. The molecule has 24 heavy (non-hydrogen) atoms. The highest BCUT2D eigenvalue weighted by Gasteiger charge is 2.17. The van der Waals surface area contributed by atoms with E-state index < -0.39 is 0 Å². The number of benzene rings is 2. The van der Waals surface area contributed by atoms with Gasteiger partial charge in [-0.1, -0.05) is 31.2 Å². The highest BCUT2D eigenvalue weighted by Crippen LogP contribution is 2.32. The Kier molecular flexibility index (Phi) is 4.51. The smallest absolute Gasteiger partial charge is 0.413 e. The van der Waals surface area contributed by atoms with Crippen molar-refractivity contribution in [3.63, 3.8) is 0 Å². The van der Waals surface area contributed by atoms with Crippen LogP contribution in [0.1, 0.15) is 31.0 Å². The molecule has 1 amide bonds. The van der Waals surface area contributed by atoms with Crippen LogP contribution in [0.25, 0.3) is 10.8 Å². The number of methoxy groups -OCH3 is 1. The molecule has 0 aliphatic heterocycles. The summed E-state index contributed by atoms with van der Waals surface area (Å²) in [7, 11) is 1.40. The Balaban J connectivity index is 2.11. The predicted molar refractivity (Wildman–Crippen MR) is 95.5 cm³/mol. The molecule has 1 N–H and O–H groups in total. The number of anilines is 1. The fourth-order valence-electron chi connectivity index (χ4n) is 3.03. The van der Waals surface area contributed by atoms with E-state index >= 15 is 0 Å². The average Bonchev–Trinajstić information content (AvgIpc) is 3.15. The molecule has 1 atom stereocenters. The maximum atomic E-state index is 12.0. The summed E-state index contributed by atoms with van der Waals surface area (Å²) < 4.78 is 4.88. The summed E-state index contributed by atoms with van der Waals surface area (Å²) in [5, 5.41) is 2.26. The number of ether oxygens (including phenoxy) is 1. The van der Waals surface area contributed by atoms with Crippen LogP contribution >= 0.6 is 0 Å². The first kappa shape index (κ1) is 16.1. The molecule has 2 aromatic carbocycles. The summed E-state index contributed by atoms with van der Waals surface area (Å²) in [6, 6.07) is 12.3. The molecular weight excluding hydrogens is 302 g/mol. The molecule has 0 fully saturated rings. The first-order chi connectivity index (χ1) is 11.7. The van der Waals surface area contributed by atoms with Crippen LogP contribution in [0.2, 0.25) is 0 Å². The van der Waals surface area contributed by atoms with Crippen molar-refractivity contribution in [2.45, 2.75) is 19.8 Å². The molecule has 3 aromatic rings. The van der Waals surface area contributed by atoms with Gasteiger partial charge in [-0.15, -0.1) is 0 Å². The van der Waals surface area contributed by atoms with Crippen molar-refractivity contribution in [3.05, 3.63) is 60.2 Å². The predicted octanol–water partition coefficient (Wildman–Crippen LogP) is 4.31. The molecule has 0 bridgehead atoms. The minimum atomic E-state index is -0.352. The standard InChI is InChI=1S/C19H21N3O2/c1-4-22(19(23)24-3)15-9-8-14-6-5-7-16(17(14)10-15)13(2)18-11-20-12-21-18/h5-13H,4H2,1-3H3,(H,20,21). The Labute approximate surface area is 141 Å². The number of aromatic amines is 1. The van der Waals surface area contributed by atoms with Gasteiger partial charge in [0.2, 0.25) is 0 Å². The number of carbonyl (C=O) groups is 1. The third kappa shape index (κ3) is 2.85. The molecule has 0 radical (unpaired) electrons. The maximum absolute atomic E-state index is 12.0. The van der Waals surface area contributed by atoms with Gasteiger partial charge in [-0.05, 0) is 35.4 Å². The van der Waals surface area contributed by atoms with Gasteiger partial charge in [-0.2, -0.15) is 0 Å². The Bertz CT molecular complexity index is 843. The highest BCUT2D eigenvalue weighted by molar-refractivity contribution is 5.94. The lowest BCUT2D eigenvalue weighted by atomic mass is 9.92. The number of hydrogen-bond donors (Lipinski definition) is 1. The summed E-state index contributed by atoms with van der Waals surface area (Å²) in [6.07, 6.45) is 3.26. The van der Waals surface area contributed by atoms with E-state index in [2.05, 4.69) is 35.1 Å². The number of aromatic nitrogens is 2. The van der Waals surface area contributed by atoms with Crippen molar-refractivity contribution in [1.82, 2.24) is 9.97 Å². The average molecular weight is 323 g/mol. The van der Waals surface area contributed by atoms with Crippen LogP contribution in [0.3, 0.4) is 0 Å². The molecule has 0 saturated heterocycles. The number of nitrogens with zero attached hydrogens (tertiary/aromatic N) is 2. The number of fused-ring (bicyclic) bond motifs is 1. The lowest BCUT2D eigenvalue weighted by molar-refractivity contribution is 0.179. The second-order valence-electron chi connectivity index (χ2n) is 5.68. The van der Waals surface area contributed by atoms with Crippen LogP contribution in [0.5, 0.6) is 0 Å². The number of rotatable bonds is 4. The Morgan fingerprint density at radius 1 is 1.33 bits per heavy atom. The van der Waals surface area contributed by atoms with Crippen molar-refractivity contribution in [2.75, 3.05) is 18.6 Å². The van der Waals surface area contributed by atoms with Crippen LogP contribution < -0.4 is 4.90 Å². The SMILES string of the molecule is CCN(C(=O)OC)c1ccc2cccc(C(C)c3c[nH]cn3)c2c1. The molecule has 0 saturated carbocycles. The maximum Gasteiger partial charge on any atom is 0.413 e. The van der Waals surface area contributed by atoms with Gasteiger partial charge < -0.3 is 9.72 Å². The molecule has 124 valence electrons. The molecular formula is C19H21N3O2. The third-order valence-corrected chi connectivity index (χ3v) is 4.35. The zero-order valence-corrected chi connectivity index (χ0v) is 14.1. The molecule has 0 aliphatic carbocycles. The molecule has 3 rings (SSSR count). The van der Waals surface area contributed by atoms with Crippen LogP contribution in [-0.4, -0.2) is 29.7 Å². The van der Waals surface area contributed by atoms with E-state index in [0.29, 0.717) is 6.54 Å². The summed E-state index contributed by atoms with van der Waals surface area (Å²) >= 11 is 0. The number of imidazole rings is 1. The van der Waals surface area contributed by atoms with Gasteiger partial charge in [0.1, 0.15) is 0 Å². The lowest BCUT2D eigenvalue weighted by Crippen LogP contribution is -2.30. The van der Waals surface area contributed by atoms with Crippen molar-refractivity contribution >= 4 is 22.6 Å². The van der Waals surface area contributed by atoms with Crippen LogP contribution in [0.15, 0.2) is 48.9 Å². The zero-order chi connectivity index (χ0) is 17.1. The van der Waals surface area contributed by atoms with Crippen LogP contribution in [0, 0.1) is 0 Å². The quantitative estimate of drug-likeness (QED) is 0.778. The van der Waals surface area contributed by atoms with E-state index in [1.54, 1.807) is 11.2 Å².